The summed E-state index contributed by atoms with van der Waals surface area (Å²) in [5.41, 5.74) is -0.715. The molecule has 3 aliphatic rings. The van der Waals surface area contributed by atoms with Gasteiger partial charge >= 0.3 is 13.5 Å². The Morgan fingerprint density at radius 2 is 2.00 bits per heavy atom. The average molecular weight is 905 g/mol. The Balaban J connectivity index is 1.44. The normalized spacial score (nSPS) is 32.2. The van der Waals surface area contributed by atoms with Crippen molar-refractivity contribution in [3.8, 4) is 11.9 Å². The number of alkyl halides is 1. The Hall–Kier alpha value is -2.71. The fourth-order valence-electron chi connectivity index (χ4n) is 6.22. The molecule has 1 saturated carbocycles. The maximum Gasteiger partial charge on any atom is 0.386 e. The highest BCUT2D eigenvalue weighted by atomic mass is 32.7. The second kappa shape index (κ2) is 17.7. The van der Waals surface area contributed by atoms with Gasteiger partial charge in [0.1, 0.15) is 36.8 Å². The molecule has 318 valence electrons. The molecule has 0 unspecified atom stereocenters. The van der Waals surface area contributed by atoms with Gasteiger partial charge in [0.05, 0.1) is 38.6 Å². The summed E-state index contributed by atoms with van der Waals surface area (Å²) in [4.78, 5) is 45.0. The van der Waals surface area contributed by atoms with E-state index in [4.69, 9.17) is 48.3 Å². The highest BCUT2D eigenvalue weighted by Crippen LogP contribution is 2.60. The number of rotatable bonds is 10. The lowest BCUT2D eigenvalue weighted by atomic mass is 10.1. The van der Waals surface area contributed by atoms with Gasteiger partial charge in [0, 0.05) is 24.1 Å². The number of imidazole rings is 1. The van der Waals surface area contributed by atoms with Gasteiger partial charge in [0.25, 0.3) is 5.56 Å². The van der Waals surface area contributed by atoms with Crippen molar-refractivity contribution in [3.63, 3.8) is 0 Å². The number of thiol groups is 1. The molecule has 3 aromatic heterocycles. The third-order valence-corrected chi connectivity index (χ3v) is 18.8. The number of hydrogen-bond donors (Lipinski definition) is 3. The van der Waals surface area contributed by atoms with E-state index in [2.05, 4.69) is 42.5 Å². The van der Waals surface area contributed by atoms with Gasteiger partial charge in [-0.1, -0.05) is 46.9 Å². The number of aromatic nitrogens is 6. The summed E-state index contributed by atoms with van der Waals surface area (Å²) in [7, 11) is -2.73. The largest absolute Gasteiger partial charge is 0.471 e. The van der Waals surface area contributed by atoms with E-state index in [1.165, 1.54) is 29.5 Å². The molecule has 3 aromatic rings. The monoisotopic (exact) mass is 904 g/mol. The lowest BCUT2D eigenvalue weighted by Gasteiger charge is -2.41. The number of nitrogens with one attached hydrogen (secondary N) is 2. The van der Waals surface area contributed by atoms with Gasteiger partial charge in [-0.3, -0.25) is 38.0 Å². The van der Waals surface area contributed by atoms with Crippen molar-refractivity contribution in [3.05, 3.63) is 35.3 Å². The number of nitriles is 1. The molecule has 3 fully saturated rings. The van der Waals surface area contributed by atoms with Crippen molar-refractivity contribution >= 4 is 68.9 Å². The summed E-state index contributed by atoms with van der Waals surface area (Å²) in [6, 6.07) is 3.48. The molecule has 2 saturated heterocycles. The second-order valence-corrected chi connectivity index (χ2v) is 26.4. The van der Waals surface area contributed by atoms with E-state index in [0.29, 0.717) is 0 Å². The average Bonchev–Trinajstić information content (AvgIpc) is 3.79. The zero-order valence-electron chi connectivity index (χ0n) is 32.8. The zero-order chi connectivity index (χ0) is 42.2. The maximum atomic E-state index is 16.2. The zero-order valence-corrected chi connectivity index (χ0v) is 37.3. The molecule has 1 amide bonds. The number of H-pyrrole nitrogens is 1. The highest BCUT2D eigenvalue weighted by Gasteiger charge is 2.56. The molecule has 19 nitrogen and oxygen atoms in total. The quantitative estimate of drug-likeness (QED) is 0.0971. The van der Waals surface area contributed by atoms with Crippen LogP contribution in [-0.2, 0) is 52.9 Å². The summed E-state index contributed by atoms with van der Waals surface area (Å²) < 4.78 is 81.9. The van der Waals surface area contributed by atoms with Crippen LogP contribution in [0.15, 0.2) is 29.7 Å². The van der Waals surface area contributed by atoms with E-state index in [0.717, 1.165) is 0 Å². The smallest absolute Gasteiger partial charge is 0.386 e. The number of anilines is 1. The van der Waals surface area contributed by atoms with Gasteiger partial charge in [0.15, 0.2) is 31.9 Å². The molecular formula is C33H47FN8O11P2S2Si. The van der Waals surface area contributed by atoms with Gasteiger partial charge in [-0.2, -0.15) is 10.2 Å². The topological polar surface area (TPSA) is 233 Å². The van der Waals surface area contributed by atoms with Crippen LogP contribution in [0.25, 0.3) is 11.2 Å². The Morgan fingerprint density at radius 1 is 1.24 bits per heavy atom. The van der Waals surface area contributed by atoms with Crippen molar-refractivity contribution in [2.75, 3.05) is 25.1 Å². The van der Waals surface area contributed by atoms with Crippen molar-refractivity contribution in [2.45, 2.75) is 109 Å². The molecule has 6 rings (SSSR count). The number of ether oxygens (including phenoxy) is 2. The van der Waals surface area contributed by atoms with E-state index in [1.807, 2.05) is 39.9 Å². The number of carbonyl (C=O) groups excluding carboxylic acids is 1. The summed E-state index contributed by atoms with van der Waals surface area (Å²) in [6.07, 6.45) is -5.00. The Kier molecular flexibility index (Phi) is 13.7. The van der Waals surface area contributed by atoms with Crippen LogP contribution >= 0.6 is 25.8 Å². The lowest BCUT2D eigenvalue weighted by Crippen LogP contribution is -2.50. The first-order valence-corrected chi connectivity index (χ1v) is 26.6. The second-order valence-electron chi connectivity index (χ2n) is 15.8. The summed E-state index contributed by atoms with van der Waals surface area (Å²) >= 11 is 10.3. The number of halogens is 1. The SMILES string of the molecule is CC(C)C(=O)Nc1nc2c(ncn2[C@@H]2O[C@@H]3CO[P@](=O)(S)O[C@@H]4[C@@H](CO[P@@](=S)(OCCC#N)O[C@@H]2[C@@H]3O[Si](C)(C)C(C)(C)C)C[C@@H](Oc2ccncn2)[C@@H]4F)c(=O)[nH]1. The molecular weight excluding hydrogens is 858 g/mol. The predicted molar refractivity (Wildman–Crippen MR) is 216 cm³/mol. The van der Waals surface area contributed by atoms with Crippen LogP contribution in [0.4, 0.5) is 10.3 Å². The van der Waals surface area contributed by atoms with Crippen LogP contribution in [0, 0.1) is 23.2 Å². The molecule has 0 radical (unpaired) electrons. The Bertz CT molecular complexity index is 2160. The predicted octanol–water partition coefficient (Wildman–Crippen LogP) is 5.61. The van der Waals surface area contributed by atoms with Crippen LogP contribution in [-0.4, -0.2) is 100 Å². The molecule has 0 aromatic carbocycles. The van der Waals surface area contributed by atoms with Gasteiger partial charge in [-0.25, -0.2) is 23.9 Å². The van der Waals surface area contributed by atoms with Crippen molar-refractivity contribution in [2.24, 2.45) is 11.8 Å². The van der Waals surface area contributed by atoms with Gasteiger partial charge in [-0.15, -0.1) is 0 Å². The minimum Gasteiger partial charge on any atom is -0.471 e. The van der Waals surface area contributed by atoms with Crippen LogP contribution in [0.3, 0.4) is 0 Å². The van der Waals surface area contributed by atoms with E-state index >= 15 is 4.39 Å². The first-order valence-electron chi connectivity index (χ1n) is 18.5. The molecule has 2 aliphatic heterocycles. The number of fused-ring (bicyclic) bond motifs is 4. The molecule has 2 N–H and O–H groups in total. The third kappa shape index (κ3) is 10.1. The van der Waals surface area contributed by atoms with Crippen LogP contribution in [0.1, 0.15) is 53.7 Å². The van der Waals surface area contributed by atoms with Gasteiger partial charge in [-0.05, 0) is 36.4 Å². The van der Waals surface area contributed by atoms with Crippen LogP contribution < -0.4 is 15.6 Å². The fourth-order valence-corrected chi connectivity index (χ4v) is 11.2. The number of nitrogens with zero attached hydrogens (tertiary/aromatic N) is 6. The molecule has 2 bridgehead atoms. The first kappa shape index (κ1) is 44.8. The lowest BCUT2D eigenvalue weighted by molar-refractivity contribution is -0.118. The number of amides is 1. The minimum atomic E-state index is -4.37. The summed E-state index contributed by atoms with van der Waals surface area (Å²) in [5.74, 6) is -1.68. The van der Waals surface area contributed by atoms with Gasteiger partial charge in [0.2, 0.25) is 17.7 Å². The van der Waals surface area contributed by atoms with Crippen LogP contribution in [0.5, 0.6) is 5.88 Å². The van der Waals surface area contributed by atoms with Gasteiger partial charge < -0.3 is 22.9 Å². The van der Waals surface area contributed by atoms with E-state index in [9.17, 15) is 19.4 Å². The van der Waals surface area contributed by atoms with E-state index < -0.39 is 94.7 Å². The number of aromatic amines is 1. The summed E-state index contributed by atoms with van der Waals surface area (Å²) in [6.45, 7) is 4.20. The number of hydrogen-bond acceptors (Lipinski definition) is 17. The van der Waals surface area contributed by atoms with E-state index in [-0.39, 0.29) is 54.1 Å². The molecule has 0 spiro atoms. The third-order valence-electron chi connectivity index (χ3n) is 10.3. The maximum absolute atomic E-state index is 16.2. The van der Waals surface area contributed by atoms with Crippen LogP contribution in [0.2, 0.25) is 18.1 Å². The number of carbonyl (C=O) groups is 1. The van der Waals surface area contributed by atoms with Crippen molar-refractivity contribution in [1.82, 2.24) is 29.5 Å². The van der Waals surface area contributed by atoms with Crippen molar-refractivity contribution in [1.29, 1.82) is 5.26 Å². The highest BCUT2D eigenvalue weighted by molar-refractivity contribution is 8.44. The molecule has 25 heteroatoms. The molecule has 10 atom stereocenters. The van der Waals surface area contributed by atoms with Crippen molar-refractivity contribution < 1.29 is 50.3 Å². The molecule has 58 heavy (non-hydrogen) atoms. The minimum absolute atomic E-state index is 0.00294. The molecule has 5 heterocycles. The Morgan fingerprint density at radius 3 is 2.67 bits per heavy atom. The fraction of sp³-hybridized carbons (Fsp3) is 0.667. The van der Waals surface area contributed by atoms with E-state index in [1.54, 1.807) is 13.8 Å². The molecule has 1 aliphatic carbocycles. The first-order chi connectivity index (χ1) is 27.2. The Labute approximate surface area is 345 Å². The standard InChI is InChI=1S/C33H47FN8O11P2S2Si/c1-18(2)29(43)40-32-39-28-24(30(44)41-32)38-17-42(28)31-27-26(53-58(6,7)33(3,4)5)21(50-31)15-47-54(45,56)51-25-19(14-48-55(57,52-27)46-12-8-10-35)13-20(23(25)34)49-22-9-11-36-16-37-22/h9,11,16-21,23,25-27,31H,8,12-15H2,1-7H3,(H,45,56)(H2,39,40,41,43,44)/t19-,20-,21-,23+,25-,26-,27-,31-,54+,55+/m1/s1. The summed E-state index contributed by atoms with van der Waals surface area (Å²) in [5, 5.41) is 11.6.